The summed E-state index contributed by atoms with van der Waals surface area (Å²) in [5.41, 5.74) is 0.863. The van der Waals surface area contributed by atoms with Crippen LogP contribution in [0.5, 0.6) is 0 Å². The first kappa shape index (κ1) is 22.9. The first-order valence-electron chi connectivity index (χ1n) is 9.69. The number of amides is 1. The third-order valence-electron chi connectivity index (χ3n) is 5.21. The van der Waals surface area contributed by atoms with Crippen LogP contribution in [0.25, 0.3) is 0 Å². The summed E-state index contributed by atoms with van der Waals surface area (Å²) >= 11 is 0. The van der Waals surface area contributed by atoms with Crippen LogP contribution in [0.15, 0.2) is 18.2 Å². The van der Waals surface area contributed by atoms with E-state index < -0.39 is 16.5 Å². The van der Waals surface area contributed by atoms with Gasteiger partial charge in [0.25, 0.3) is 0 Å². The predicted octanol–water partition coefficient (Wildman–Crippen LogP) is 2.01. The average molecular weight is 414 g/mol. The van der Waals surface area contributed by atoms with Gasteiger partial charge in [0, 0.05) is 57.8 Å². The number of likely N-dealkylation sites (N-methyl/N-ethyl adjacent to an activating group) is 1. The second-order valence-corrected chi connectivity index (χ2v) is 8.79. The molecule has 0 spiro atoms. The van der Waals surface area contributed by atoms with Crippen LogP contribution in [-0.2, 0) is 32.6 Å². The van der Waals surface area contributed by atoms with E-state index in [1.807, 2.05) is 13.0 Å². The number of carbonyl (C=O) groups excluding carboxylic acids is 1. The van der Waals surface area contributed by atoms with Gasteiger partial charge in [0.05, 0.1) is 17.5 Å². The average Bonchev–Trinajstić information content (AvgIpc) is 2.67. The molecule has 6 nitrogen and oxygen atoms in total. The smallest absolute Gasteiger partial charge is 0.236 e. The normalized spacial score (nSPS) is 17.5. The summed E-state index contributed by atoms with van der Waals surface area (Å²) in [5.74, 6) is -0.334. The highest BCUT2D eigenvalue weighted by Crippen LogP contribution is 2.33. The van der Waals surface area contributed by atoms with Gasteiger partial charge in [-0.05, 0) is 30.9 Å². The molecule has 1 fully saturated rings. The van der Waals surface area contributed by atoms with Gasteiger partial charge in [-0.2, -0.15) is 0 Å². The summed E-state index contributed by atoms with van der Waals surface area (Å²) in [4.78, 5) is 13.6. The van der Waals surface area contributed by atoms with E-state index in [0.717, 1.165) is 12.0 Å². The Labute approximate surface area is 170 Å². The molecule has 1 saturated heterocycles. The highest BCUT2D eigenvalue weighted by molar-refractivity contribution is 7.81. The van der Waals surface area contributed by atoms with Crippen molar-refractivity contribution in [1.82, 2.24) is 14.5 Å². The molecule has 1 aromatic rings. The van der Waals surface area contributed by atoms with Crippen LogP contribution in [0.1, 0.15) is 37.3 Å². The zero-order chi connectivity index (χ0) is 20.7. The molecule has 158 valence electrons. The lowest BCUT2D eigenvalue weighted by molar-refractivity contribution is -0.128. The molecule has 1 N–H and O–H groups in total. The second-order valence-electron chi connectivity index (χ2n) is 7.43. The van der Waals surface area contributed by atoms with Gasteiger partial charge >= 0.3 is 0 Å². The van der Waals surface area contributed by atoms with Crippen LogP contribution in [0, 0.1) is 5.82 Å². The van der Waals surface area contributed by atoms with Gasteiger partial charge in [-0.3, -0.25) is 10.1 Å². The molecule has 0 radical (unpaired) electrons. The standard InChI is InChI=1S/C20H32FN3O3S/c1-5-10-24(28(4)26)15-16-6-7-17(13-18(16)21)20(8-11-27-12-9-20)22-14-19(25)23(2)3/h6-7,13,22H,5,8-12,14-15H2,1-4H3. The Hall–Kier alpha value is -1.35. The quantitative estimate of drug-likeness (QED) is 0.673. The van der Waals surface area contributed by atoms with Gasteiger partial charge in [0.2, 0.25) is 5.91 Å². The molecule has 1 aliphatic heterocycles. The molecule has 1 aromatic carbocycles. The van der Waals surface area contributed by atoms with E-state index in [1.54, 1.807) is 36.8 Å². The summed E-state index contributed by atoms with van der Waals surface area (Å²) < 4.78 is 34.0. The molecule has 0 saturated carbocycles. The third-order valence-corrected chi connectivity index (χ3v) is 6.25. The van der Waals surface area contributed by atoms with E-state index in [1.165, 1.54) is 4.90 Å². The number of rotatable bonds is 9. The topological polar surface area (TPSA) is 61.9 Å². The van der Waals surface area contributed by atoms with Crippen LogP contribution >= 0.6 is 0 Å². The van der Waals surface area contributed by atoms with Crippen molar-refractivity contribution in [3.63, 3.8) is 0 Å². The van der Waals surface area contributed by atoms with Crippen LogP contribution in [0.3, 0.4) is 0 Å². The summed E-state index contributed by atoms with van der Waals surface area (Å²) in [5, 5.41) is 3.36. The number of hydrogen-bond donors (Lipinski definition) is 1. The number of nitrogens with zero attached hydrogens (tertiary/aromatic N) is 2. The van der Waals surface area contributed by atoms with Crippen molar-refractivity contribution < 1.29 is 18.1 Å². The van der Waals surface area contributed by atoms with Crippen molar-refractivity contribution in [3.05, 3.63) is 35.1 Å². The highest BCUT2D eigenvalue weighted by atomic mass is 32.2. The minimum Gasteiger partial charge on any atom is -0.381 e. The fourth-order valence-electron chi connectivity index (χ4n) is 3.40. The molecule has 0 aromatic heterocycles. The first-order valence-corrected chi connectivity index (χ1v) is 11.2. The van der Waals surface area contributed by atoms with Crippen molar-refractivity contribution in [2.75, 3.05) is 46.7 Å². The van der Waals surface area contributed by atoms with Crippen molar-refractivity contribution in [3.8, 4) is 0 Å². The molecular weight excluding hydrogens is 381 g/mol. The molecule has 28 heavy (non-hydrogen) atoms. The lowest BCUT2D eigenvalue weighted by Gasteiger charge is -2.39. The van der Waals surface area contributed by atoms with E-state index >= 15 is 0 Å². The minimum absolute atomic E-state index is 0.0245. The Bertz CT molecular complexity index is 693. The van der Waals surface area contributed by atoms with E-state index in [0.29, 0.717) is 44.7 Å². The van der Waals surface area contributed by atoms with Crippen LogP contribution < -0.4 is 5.32 Å². The van der Waals surface area contributed by atoms with E-state index in [-0.39, 0.29) is 18.3 Å². The summed E-state index contributed by atoms with van der Waals surface area (Å²) in [6, 6.07) is 5.24. The number of nitrogens with one attached hydrogen (secondary N) is 1. The summed E-state index contributed by atoms with van der Waals surface area (Å²) in [7, 11) is 2.29. The second kappa shape index (κ2) is 10.4. The molecule has 1 unspecified atom stereocenters. The Balaban J connectivity index is 2.23. The zero-order valence-electron chi connectivity index (χ0n) is 17.3. The summed E-state index contributed by atoms with van der Waals surface area (Å²) in [6.45, 7) is 4.28. The maximum Gasteiger partial charge on any atom is 0.236 e. The largest absolute Gasteiger partial charge is 0.381 e. The van der Waals surface area contributed by atoms with Crippen LogP contribution in [-0.4, -0.2) is 66.0 Å². The Morgan fingerprint density at radius 2 is 2.00 bits per heavy atom. The number of carbonyl (C=O) groups is 1. The molecule has 1 atom stereocenters. The fraction of sp³-hybridized carbons (Fsp3) is 0.650. The van der Waals surface area contributed by atoms with Gasteiger partial charge in [0.1, 0.15) is 5.82 Å². The number of ether oxygens (including phenoxy) is 1. The highest BCUT2D eigenvalue weighted by Gasteiger charge is 2.35. The molecule has 1 heterocycles. The van der Waals surface area contributed by atoms with Gasteiger partial charge < -0.3 is 9.64 Å². The zero-order valence-corrected chi connectivity index (χ0v) is 18.1. The van der Waals surface area contributed by atoms with Gasteiger partial charge in [-0.25, -0.2) is 12.9 Å². The van der Waals surface area contributed by atoms with Crippen LogP contribution in [0.4, 0.5) is 4.39 Å². The van der Waals surface area contributed by atoms with Crippen LogP contribution in [0.2, 0.25) is 0 Å². The fourth-order valence-corrected chi connectivity index (χ4v) is 4.16. The Morgan fingerprint density at radius 3 is 2.54 bits per heavy atom. The van der Waals surface area contributed by atoms with E-state index in [9.17, 15) is 13.4 Å². The van der Waals surface area contributed by atoms with Gasteiger partial charge in [0.15, 0.2) is 0 Å². The summed E-state index contributed by atoms with van der Waals surface area (Å²) in [6.07, 6.45) is 3.82. The molecule has 2 rings (SSSR count). The van der Waals surface area contributed by atoms with E-state index in [2.05, 4.69) is 5.32 Å². The maximum absolute atomic E-state index is 14.9. The molecule has 1 amide bonds. The minimum atomic E-state index is -1.15. The van der Waals surface area contributed by atoms with Crippen molar-refractivity contribution in [2.24, 2.45) is 0 Å². The van der Waals surface area contributed by atoms with Gasteiger partial charge in [-0.1, -0.05) is 19.1 Å². The van der Waals surface area contributed by atoms with Crippen molar-refractivity contribution in [2.45, 2.75) is 38.3 Å². The SMILES string of the molecule is CCCN(Cc1ccc(C2(NCC(=O)N(C)C)CCOCC2)cc1F)S(C)=O. The Morgan fingerprint density at radius 1 is 1.32 bits per heavy atom. The van der Waals surface area contributed by atoms with Crippen molar-refractivity contribution in [1.29, 1.82) is 0 Å². The molecule has 0 aliphatic carbocycles. The first-order chi connectivity index (χ1) is 13.3. The lowest BCUT2D eigenvalue weighted by atomic mass is 9.82. The monoisotopic (exact) mass is 413 g/mol. The molecule has 1 aliphatic rings. The Kier molecular flexibility index (Phi) is 8.55. The maximum atomic E-state index is 14.9. The van der Waals surface area contributed by atoms with Crippen molar-refractivity contribution >= 4 is 16.9 Å². The molecule has 0 bridgehead atoms. The van der Waals surface area contributed by atoms with E-state index in [4.69, 9.17) is 4.74 Å². The number of halogens is 1. The molecular formula is C20H32FN3O3S. The molecule has 8 heteroatoms. The number of hydrogen-bond acceptors (Lipinski definition) is 4. The predicted molar refractivity (Wildman–Crippen MR) is 110 cm³/mol. The number of benzene rings is 1. The van der Waals surface area contributed by atoms with Gasteiger partial charge in [-0.15, -0.1) is 0 Å². The lowest BCUT2D eigenvalue weighted by Crippen LogP contribution is -2.50. The third kappa shape index (κ3) is 5.83.